The minimum absolute atomic E-state index is 0.0394. The van der Waals surface area contributed by atoms with Gasteiger partial charge in [-0.1, -0.05) is 0 Å². The van der Waals surface area contributed by atoms with Crippen molar-refractivity contribution < 1.29 is 25.0 Å². The SMILES string of the molecule is Nc1ccc([N+](=O)[O-])cc1C(O)C(O)CC(=O)O. The van der Waals surface area contributed by atoms with E-state index in [2.05, 4.69) is 0 Å². The number of nitro groups is 1. The summed E-state index contributed by atoms with van der Waals surface area (Å²) in [6.45, 7) is 0. The summed E-state index contributed by atoms with van der Waals surface area (Å²) in [7, 11) is 0. The zero-order valence-electron chi connectivity index (χ0n) is 9.18. The van der Waals surface area contributed by atoms with Crippen molar-refractivity contribution in [2.24, 2.45) is 0 Å². The van der Waals surface area contributed by atoms with Crippen LogP contribution in [0, 0.1) is 10.1 Å². The standard InChI is InChI=1S/C10H12N2O6/c11-7-2-1-5(12(17)18)3-6(7)10(16)8(13)4-9(14)15/h1-3,8,10,13,16H,4,11H2,(H,14,15). The van der Waals surface area contributed by atoms with Crippen LogP contribution in [0.15, 0.2) is 18.2 Å². The van der Waals surface area contributed by atoms with Crippen LogP contribution in [0.5, 0.6) is 0 Å². The van der Waals surface area contributed by atoms with E-state index in [9.17, 15) is 25.1 Å². The largest absolute Gasteiger partial charge is 0.481 e. The zero-order valence-corrected chi connectivity index (χ0v) is 9.18. The number of nitrogen functional groups attached to an aromatic ring is 1. The Morgan fingerprint density at radius 1 is 1.44 bits per heavy atom. The van der Waals surface area contributed by atoms with Gasteiger partial charge in [-0.15, -0.1) is 0 Å². The Balaban J connectivity index is 3.03. The number of non-ortho nitro benzene ring substituents is 1. The number of benzene rings is 1. The van der Waals surface area contributed by atoms with Crippen LogP contribution in [-0.2, 0) is 4.79 Å². The van der Waals surface area contributed by atoms with E-state index in [0.29, 0.717) is 0 Å². The molecule has 5 N–H and O–H groups in total. The fourth-order valence-electron chi connectivity index (χ4n) is 1.43. The van der Waals surface area contributed by atoms with Gasteiger partial charge in [0.1, 0.15) is 6.10 Å². The summed E-state index contributed by atoms with van der Waals surface area (Å²) in [5, 5.41) is 38.2. The number of rotatable bonds is 5. The van der Waals surface area contributed by atoms with Crippen LogP contribution in [0.1, 0.15) is 18.1 Å². The maximum atomic E-state index is 10.6. The van der Waals surface area contributed by atoms with Crippen LogP contribution in [0.3, 0.4) is 0 Å². The lowest BCUT2D eigenvalue weighted by atomic mass is 10.00. The van der Waals surface area contributed by atoms with Crippen molar-refractivity contribution in [3.63, 3.8) is 0 Å². The van der Waals surface area contributed by atoms with E-state index in [1.54, 1.807) is 0 Å². The summed E-state index contributed by atoms with van der Waals surface area (Å²) in [6.07, 6.45) is -3.88. The van der Waals surface area contributed by atoms with Crippen LogP contribution in [0.25, 0.3) is 0 Å². The number of nitro benzene ring substituents is 1. The molecular formula is C10H12N2O6. The number of hydrogen-bond acceptors (Lipinski definition) is 6. The summed E-state index contributed by atoms with van der Waals surface area (Å²) in [5.74, 6) is -1.30. The summed E-state index contributed by atoms with van der Waals surface area (Å²) >= 11 is 0. The molecule has 0 amide bonds. The molecule has 0 radical (unpaired) electrons. The van der Waals surface area contributed by atoms with Gasteiger partial charge in [-0.25, -0.2) is 0 Å². The van der Waals surface area contributed by atoms with E-state index < -0.39 is 29.5 Å². The molecule has 0 saturated carbocycles. The molecule has 0 aliphatic rings. The van der Waals surface area contributed by atoms with Gasteiger partial charge in [-0.2, -0.15) is 0 Å². The van der Waals surface area contributed by atoms with Gasteiger partial charge in [0.05, 0.1) is 17.4 Å². The monoisotopic (exact) mass is 256 g/mol. The molecule has 2 unspecified atom stereocenters. The molecule has 2 atom stereocenters. The Labute approximate surface area is 101 Å². The smallest absolute Gasteiger partial charge is 0.306 e. The second-order valence-corrected chi connectivity index (χ2v) is 3.68. The van der Waals surface area contributed by atoms with Gasteiger partial charge in [0, 0.05) is 23.4 Å². The first kappa shape index (κ1) is 13.9. The van der Waals surface area contributed by atoms with Crippen molar-refractivity contribution >= 4 is 17.3 Å². The van der Waals surface area contributed by atoms with Gasteiger partial charge < -0.3 is 21.1 Å². The van der Waals surface area contributed by atoms with Gasteiger partial charge in [-0.3, -0.25) is 14.9 Å². The van der Waals surface area contributed by atoms with E-state index in [-0.39, 0.29) is 16.9 Å². The summed E-state index contributed by atoms with van der Waals surface area (Å²) in [6, 6.07) is 3.37. The Morgan fingerprint density at radius 2 is 2.06 bits per heavy atom. The maximum Gasteiger partial charge on any atom is 0.306 e. The first-order valence-electron chi connectivity index (χ1n) is 4.94. The van der Waals surface area contributed by atoms with Crippen LogP contribution in [-0.4, -0.2) is 32.3 Å². The van der Waals surface area contributed by atoms with Crippen LogP contribution >= 0.6 is 0 Å². The number of nitrogens with zero attached hydrogens (tertiary/aromatic N) is 1. The highest BCUT2D eigenvalue weighted by atomic mass is 16.6. The molecule has 0 aromatic heterocycles. The summed E-state index contributed by atoms with van der Waals surface area (Å²) in [4.78, 5) is 20.3. The molecular weight excluding hydrogens is 244 g/mol. The van der Waals surface area contributed by atoms with Crippen molar-refractivity contribution in [1.82, 2.24) is 0 Å². The zero-order chi connectivity index (χ0) is 13.9. The molecule has 0 heterocycles. The number of aliphatic carboxylic acids is 1. The highest BCUT2D eigenvalue weighted by molar-refractivity contribution is 5.67. The first-order chi connectivity index (χ1) is 8.32. The Morgan fingerprint density at radius 3 is 2.56 bits per heavy atom. The van der Waals surface area contributed by atoms with Crippen LogP contribution in [0.2, 0.25) is 0 Å². The molecule has 1 aromatic carbocycles. The number of carboxylic acid groups (broad SMARTS) is 1. The normalized spacial score (nSPS) is 13.9. The van der Waals surface area contributed by atoms with E-state index in [1.165, 1.54) is 6.07 Å². The fraction of sp³-hybridized carbons (Fsp3) is 0.300. The lowest BCUT2D eigenvalue weighted by Crippen LogP contribution is -2.22. The number of nitrogens with two attached hydrogens (primary N) is 1. The first-order valence-corrected chi connectivity index (χ1v) is 4.94. The molecule has 1 rings (SSSR count). The maximum absolute atomic E-state index is 10.6. The van der Waals surface area contributed by atoms with Gasteiger partial charge in [-0.05, 0) is 6.07 Å². The van der Waals surface area contributed by atoms with Crippen LogP contribution in [0.4, 0.5) is 11.4 Å². The topological polar surface area (TPSA) is 147 Å². The van der Waals surface area contributed by atoms with Gasteiger partial charge in [0.2, 0.25) is 0 Å². The molecule has 0 aliphatic carbocycles. The van der Waals surface area contributed by atoms with Crippen LogP contribution < -0.4 is 5.73 Å². The van der Waals surface area contributed by atoms with E-state index in [4.69, 9.17) is 10.8 Å². The quantitative estimate of drug-likeness (QED) is 0.330. The Kier molecular flexibility index (Phi) is 4.18. The molecule has 18 heavy (non-hydrogen) atoms. The predicted molar refractivity (Wildman–Crippen MR) is 60.7 cm³/mol. The molecule has 8 nitrogen and oxygen atoms in total. The second kappa shape index (κ2) is 5.43. The summed E-state index contributed by atoms with van der Waals surface area (Å²) < 4.78 is 0. The molecule has 0 aliphatic heterocycles. The minimum atomic E-state index is -1.60. The molecule has 0 spiro atoms. The van der Waals surface area contributed by atoms with E-state index in [0.717, 1.165) is 12.1 Å². The molecule has 98 valence electrons. The number of hydrogen-bond donors (Lipinski definition) is 4. The van der Waals surface area contributed by atoms with Crippen molar-refractivity contribution in [1.29, 1.82) is 0 Å². The van der Waals surface area contributed by atoms with Crippen molar-refractivity contribution in [2.45, 2.75) is 18.6 Å². The van der Waals surface area contributed by atoms with Gasteiger partial charge in [0.25, 0.3) is 5.69 Å². The third-order valence-corrected chi connectivity index (χ3v) is 2.35. The van der Waals surface area contributed by atoms with E-state index >= 15 is 0 Å². The van der Waals surface area contributed by atoms with Crippen molar-refractivity contribution in [3.8, 4) is 0 Å². The Bertz CT molecular complexity index is 475. The van der Waals surface area contributed by atoms with Crippen molar-refractivity contribution in [2.75, 3.05) is 5.73 Å². The number of carbonyl (C=O) groups is 1. The average Bonchev–Trinajstić information content (AvgIpc) is 2.27. The Hall–Kier alpha value is -2.19. The number of aliphatic hydroxyl groups excluding tert-OH is 2. The highest BCUT2D eigenvalue weighted by Crippen LogP contribution is 2.28. The number of anilines is 1. The minimum Gasteiger partial charge on any atom is -0.481 e. The lowest BCUT2D eigenvalue weighted by Gasteiger charge is -2.17. The molecule has 1 aromatic rings. The van der Waals surface area contributed by atoms with E-state index in [1.807, 2.05) is 0 Å². The van der Waals surface area contributed by atoms with Crippen molar-refractivity contribution in [3.05, 3.63) is 33.9 Å². The highest BCUT2D eigenvalue weighted by Gasteiger charge is 2.24. The molecule has 8 heteroatoms. The van der Waals surface area contributed by atoms with Gasteiger partial charge in [0.15, 0.2) is 0 Å². The average molecular weight is 256 g/mol. The second-order valence-electron chi connectivity index (χ2n) is 3.68. The predicted octanol–water partition coefficient (Wildman–Crippen LogP) is 0.0460. The van der Waals surface area contributed by atoms with Gasteiger partial charge >= 0.3 is 5.97 Å². The third kappa shape index (κ3) is 3.15. The number of aliphatic hydroxyl groups is 2. The number of carboxylic acids is 1. The molecule has 0 saturated heterocycles. The lowest BCUT2D eigenvalue weighted by molar-refractivity contribution is -0.385. The molecule has 0 bridgehead atoms. The summed E-state index contributed by atoms with van der Waals surface area (Å²) in [5.41, 5.74) is 5.18. The third-order valence-electron chi connectivity index (χ3n) is 2.35. The molecule has 0 fully saturated rings. The fourth-order valence-corrected chi connectivity index (χ4v) is 1.43.